The van der Waals surface area contributed by atoms with Crippen molar-refractivity contribution >= 4 is 23.2 Å². The maximum Gasteiger partial charge on any atom is 0.145 e. The number of benzene rings is 1. The number of halogens is 2. The van der Waals surface area contributed by atoms with E-state index >= 15 is 0 Å². The van der Waals surface area contributed by atoms with Gasteiger partial charge in [-0.25, -0.2) is 14.4 Å². The van der Waals surface area contributed by atoms with Crippen LogP contribution in [0.15, 0.2) is 48.9 Å². The zero-order valence-corrected chi connectivity index (χ0v) is 13.7. The van der Waals surface area contributed by atoms with E-state index in [-0.39, 0.29) is 5.82 Å². The van der Waals surface area contributed by atoms with Crippen LogP contribution in [-0.2, 0) is 6.54 Å². The smallest absolute Gasteiger partial charge is 0.145 e. The van der Waals surface area contributed by atoms with E-state index in [9.17, 15) is 4.39 Å². The molecule has 5 nitrogen and oxygen atoms in total. The van der Waals surface area contributed by atoms with Crippen LogP contribution in [0.4, 0.5) is 16.0 Å². The maximum absolute atomic E-state index is 13.2. The summed E-state index contributed by atoms with van der Waals surface area (Å²) in [5.41, 5.74) is 2.18. The number of nitrogens with one attached hydrogen (secondary N) is 2. The SMILES string of the molecule is CNc1cc(-c2cncc(NCc3cccc(F)c3)n2)c(Cl)cn1. The fraction of sp³-hybridized carbons (Fsp3) is 0.118. The molecule has 3 aromatic rings. The van der Waals surface area contributed by atoms with E-state index in [1.807, 2.05) is 12.1 Å². The van der Waals surface area contributed by atoms with Crippen molar-refractivity contribution in [1.29, 1.82) is 0 Å². The van der Waals surface area contributed by atoms with Crippen LogP contribution in [-0.4, -0.2) is 22.0 Å². The number of nitrogens with zero attached hydrogens (tertiary/aromatic N) is 3. The van der Waals surface area contributed by atoms with Gasteiger partial charge in [-0.3, -0.25) is 4.98 Å². The molecular formula is C17H15ClFN5. The molecule has 0 bridgehead atoms. The largest absolute Gasteiger partial charge is 0.373 e. The molecule has 0 spiro atoms. The van der Waals surface area contributed by atoms with Gasteiger partial charge in [-0.1, -0.05) is 23.7 Å². The van der Waals surface area contributed by atoms with Crippen molar-refractivity contribution in [3.05, 3.63) is 65.3 Å². The Hall–Kier alpha value is -2.73. The molecule has 0 radical (unpaired) electrons. The predicted octanol–water partition coefficient (Wildman–Crippen LogP) is 3.98. The fourth-order valence-electron chi connectivity index (χ4n) is 2.19. The van der Waals surface area contributed by atoms with E-state index in [0.29, 0.717) is 28.9 Å². The van der Waals surface area contributed by atoms with Gasteiger partial charge in [0.05, 0.1) is 23.1 Å². The Morgan fingerprint density at radius 3 is 2.79 bits per heavy atom. The zero-order valence-electron chi connectivity index (χ0n) is 12.9. The van der Waals surface area contributed by atoms with Gasteiger partial charge in [0.1, 0.15) is 17.5 Å². The number of pyridine rings is 1. The summed E-state index contributed by atoms with van der Waals surface area (Å²) in [7, 11) is 1.78. The lowest BCUT2D eigenvalue weighted by atomic mass is 10.2. The van der Waals surface area contributed by atoms with Gasteiger partial charge in [-0.15, -0.1) is 0 Å². The van der Waals surface area contributed by atoms with Crippen LogP contribution in [0.5, 0.6) is 0 Å². The standard InChI is InChI=1S/C17H15ClFN5/c1-20-16-6-13(14(18)8-23-16)15-9-21-10-17(24-15)22-7-11-3-2-4-12(19)5-11/h2-6,8-10H,7H2,1H3,(H,20,23)(H,22,24). The molecule has 3 rings (SSSR count). The summed E-state index contributed by atoms with van der Waals surface area (Å²) in [4.78, 5) is 12.8. The molecule has 0 atom stereocenters. The zero-order chi connectivity index (χ0) is 16.9. The molecule has 0 amide bonds. The number of hydrogen-bond donors (Lipinski definition) is 2. The van der Waals surface area contributed by atoms with Gasteiger partial charge in [0.15, 0.2) is 0 Å². The number of hydrogen-bond acceptors (Lipinski definition) is 5. The summed E-state index contributed by atoms with van der Waals surface area (Å²) in [6.45, 7) is 0.446. The Balaban J connectivity index is 1.82. The van der Waals surface area contributed by atoms with Crippen LogP contribution >= 0.6 is 11.6 Å². The minimum Gasteiger partial charge on any atom is -0.373 e. The Labute approximate surface area is 144 Å². The first-order valence-corrected chi connectivity index (χ1v) is 7.67. The fourth-order valence-corrected chi connectivity index (χ4v) is 2.39. The highest BCUT2D eigenvalue weighted by Gasteiger charge is 2.08. The third kappa shape index (κ3) is 3.78. The average Bonchev–Trinajstić information content (AvgIpc) is 2.61. The summed E-state index contributed by atoms with van der Waals surface area (Å²) in [6.07, 6.45) is 4.81. The quantitative estimate of drug-likeness (QED) is 0.733. The molecule has 2 heterocycles. The van der Waals surface area contributed by atoms with Crippen molar-refractivity contribution in [2.45, 2.75) is 6.54 Å². The highest BCUT2D eigenvalue weighted by Crippen LogP contribution is 2.28. The van der Waals surface area contributed by atoms with E-state index in [4.69, 9.17) is 11.6 Å². The van der Waals surface area contributed by atoms with Crippen molar-refractivity contribution in [2.24, 2.45) is 0 Å². The van der Waals surface area contributed by atoms with Crippen LogP contribution in [0.3, 0.4) is 0 Å². The van der Waals surface area contributed by atoms with Crippen LogP contribution in [0.1, 0.15) is 5.56 Å². The minimum absolute atomic E-state index is 0.266. The summed E-state index contributed by atoms with van der Waals surface area (Å²) in [5.74, 6) is 1.00. The van der Waals surface area contributed by atoms with E-state index in [0.717, 1.165) is 11.1 Å². The lowest BCUT2D eigenvalue weighted by Gasteiger charge is -2.09. The van der Waals surface area contributed by atoms with Crippen molar-refractivity contribution < 1.29 is 4.39 Å². The van der Waals surface area contributed by atoms with Gasteiger partial charge in [-0.05, 0) is 23.8 Å². The summed E-state index contributed by atoms with van der Waals surface area (Å²) in [5, 5.41) is 6.58. The van der Waals surface area contributed by atoms with E-state index in [1.54, 1.807) is 31.7 Å². The monoisotopic (exact) mass is 343 g/mol. The van der Waals surface area contributed by atoms with Crippen molar-refractivity contribution in [2.75, 3.05) is 17.7 Å². The van der Waals surface area contributed by atoms with E-state index in [1.165, 1.54) is 12.1 Å². The van der Waals surface area contributed by atoms with Gasteiger partial charge in [-0.2, -0.15) is 0 Å². The molecule has 0 saturated heterocycles. The van der Waals surface area contributed by atoms with Crippen molar-refractivity contribution in [3.63, 3.8) is 0 Å². The topological polar surface area (TPSA) is 62.7 Å². The first-order chi connectivity index (χ1) is 11.7. The first kappa shape index (κ1) is 16.1. The molecule has 122 valence electrons. The van der Waals surface area contributed by atoms with Crippen molar-refractivity contribution in [1.82, 2.24) is 15.0 Å². The molecule has 1 aromatic carbocycles. The number of anilines is 2. The molecule has 0 aliphatic heterocycles. The van der Waals surface area contributed by atoms with Crippen molar-refractivity contribution in [3.8, 4) is 11.3 Å². The van der Waals surface area contributed by atoms with Gasteiger partial charge in [0.25, 0.3) is 0 Å². The molecule has 2 N–H and O–H groups in total. The number of rotatable bonds is 5. The Bertz CT molecular complexity index is 856. The Morgan fingerprint density at radius 1 is 1.12 bits per heavy atom. The summed E-state index contributed by atoms with van der Waals surface area (Å²) in [6, 6.07) is 8.21. The maximum atomic E-state index is 13.2. The van der Waals surface area contributed by atoms with Gasteiger partial charge in [0.2, 0.25) is 0 Å². The van der Waals surface area contributed by atoms with E-state index < -0.39 is 0 Å². The predicted molar refractivity (Wildman–Crippen MR) is 93.5 cm³/mol. The van der Waals surface area contributed by atoms with Crippen LogP contribution in [0.25, 0.3) is 11.3 Å². The second-order valence-corrected chi connectivity index (χ2v) is 5.48. The summed E-state index contributed by atoms with van der Waals surface area (Å²) >= 11 is 6.21. The first-order valence-electron chi connectivity index (χ1n) is 7.30. The third-order valence-corrected chi connectivity index (χ3v) is 3.69. The molecule has 0 fully saturated rings. The highest BCUT2D eigenvalue weighted by molar-refractivity contribution is 6.33. The van der Waals surface area contributed by atoms with Gasteiger partial charge in [0, 0.05) is 25.4 Å². The van der Waals surface area contributed by atoms with Crippen LogP contribution < -0.4 is 10.6 Å². The van der Waals surface area contributed by atoms with Gasteiger partial charge >= 0.3 is 0 Å². The Kier molecular flexibility index (Phi) is 4.86. The molecule has 24 heavy (non-hydrogen) atoms. The molecule has 0 aliphatic rings. The second-order valence-electron chi connectivity index (χ2n) is 5.07. The molecular weight excluding hydrogens is 329 g/mol. The summed E-state index contributed by atoms with van der Waals surface area (Å²) < 4.78 is 13.2. The van der Waals surface area contributed by atoms with Gasteiger partial charge < -0.3 is 10.6 Å². The third-order valence-electron chi connectivity index (χ3n) is 3.38. The normalized spacial score (nSPS) is 10.5. The van der Waals surface area contributed by atoms with E-state index in [2.05, 4.69) is 25.6 Å². The second kappa shape index (κ2) is 7.23. The molecule has 0 aliphatic carbocycles. The minimum atomic E-state index is -0.266. The van der Waals surface area contributed by atoms with Crippen LogP contribution in [0, 0.1) is 5.82 Å². The molecule has 0 saturated carbocycles. The highest BCUT2D eigenvalue weighted by atomic mass is 35.5. The molecule has 7 heteroatoms. The lowest BCUT2D eigenvalue weighted by Crippen LogP contribution is -2.03. The number of aromatic nitrogens is 3. The lowest BCUT2D eigenvalue weighted by molar-refractivity contribution is 0.626. The average molecular weight is 344 g/mol. The van der Waals surface area contributed by atoms with Crippen LogP contribution in [0.2, 0.25) is 5.02 Å². The Morgan fingerprint density at radius 2 is 2.00 bits per heavy atom. The molecule has 2 aromatic heterocycles. The molecule has 0 unspecified atom stereocenters.